The highest BCUT2D eigenvalue weighted by atomic mass is 32.1. The Kier molecular flexibility index (Phi) is 7.77. The number of allylic oxidation sites excluding steroid dienone is 1. The van der Waals surface area contributed by atoms with Gasteiger partial charge in [-0.05, 0) is 88.3 Å². The summed E-state index contributed by atoms with van der Waals surface area (Å²) in [5.41, 5.74) is 1.20. The van der Waals surface area contributed by atoms with Gasteiger partial charge >= 0.3 is 5.97 Å². The second-order valence-electron chi connectivity index (χ2n) is 7.62. The molecule has 2 aliphatic rings. The number of anilines is 1. The monoisotopic (exact) mass is 415 g/mol. The summed E-state index contributed by atoms with van der Waals surface area (Å²) in [7, 11) is 0. The topological polar surface area (TPSA) is 70.7 Å². The Morgan fingerprint density at radius 3 is 2.69 bits per heavy atom. The van der Waals surface area contributed by atoms with Gasteiger partial charge in [0.1, 0.15) is 0 Å². The van der Waals surface area contributed by atoms with E-state index in [1.165, 1.54) is 44.8 Å². The summed E-state index contributed by atoms with van der Waals surface area (Å²) in [6, 6.07) is 7.46. The molecule has 0 spiro atoms. The van der Waals surface area contributed by atoms with E-state index < -0.39 is 0 Å². The van der Waals surface area contributed by atoms with Crippen molar-refractivity contribution >= 4 is 34.9 Å². The second kappa shape index (κ2) is 10.5. The number of piperidine rings is 2. The standard InChI is InChI=1S/C22H29N3O3S/c1-2-6-20(26)24-22(29)23-18-11-9-16(10-12-18)21(27)28-15-17-7-5-14-25-13-4-3-8-19(17)25/h2,6,9-12,17,19H,3-5,7-8,13-15H2,1H3,(H2,23,24,26,29)/b6-2+/t17-,19+/m0/s1. The van der Waals surface area contributed by atoms with Crippen LogP contribution in [0, 0.1) is 5.92 Å². The van der Waals surface area contributed by atoms with Crippen LogP contribution in [0.25, 0.3) is 0 Å². The molecule has 7 heteroatoms. The molecule has 0 aromatic heterocycles. The molecule has 2 fully saturated rings. The molecular formula is C22H29N3O3S. The molecule has 0 saturated carbocycles. The van der Waals surface area contributed by atoms with Crippen LogP contribution in [0.5, 0.6) is 0 Å². The first-order valence-corrected chi connectivity index (χ1v) is 10.7. The number of nitrogens with zero attached hydrogens (tertiary/aromatic N) is 1. The van der Waals surface area contributed by atoms with Gasteiger partial charge in [0.25, 0.3) is 0 Å². The lowest BCUT2D eigenvalue weighted by Gasteiger charge is -2.44. The number of esters is 1. The highest BCUT2D eigenvalue weighted by Gasteiger charge is 2.33. The van der Waals surface area contributed by atoms with E-state index in [0.29, 0.717) is 29.8 Å². The Morgan fingerprint density at radius 1 is 1.17 bits per heavy atom. The highest BCUT2D eigenvalue weighted by molar-refractivity contribution is 7.80. The van der Waals surface area contributed by atoms with E-state index >= 15 is 0 Å². The lowest BCUT2D eigenvalue weighted by atomic mass is 9.84. The minimum Gasteiger partial charge on any atom is -0.462 e. The van der Waals surface area contributed by atoms with Crippen molar-refractivity contribution in [2.45, 2.75) is 45.1 Å². The highest BCUT2D eigenvalue weighted by Crippen LogP contribution is 2.31. The van der Waals surface area contributed by atoms with Gasteiger partial charge in [0.2, 0.25) is 5.91 Å². The van der Waals surface area contributed by atoms with E-state index in [-0.39, 0.29) is 17.0 Å². The molecule has 0 radical (unpaired) electrons. The van der Waals surface area contributed by atoms with Crippen LogP contribution in [0.2, 0.25) is 0 Å². The average Bonchev–Trinajstić information content (AvgIpc) is 2.72. The summed E-state index contributed by atoms with van der Waals surface area (Å²) in [5, 5.41) is 5.67. The van der Waals surface area contributed by atoms with Crippen LogP contribution in [-0.4, -0.2) is 47.6 Å². The van der Waals surface area contributed by atoms with E-state index in [4.69, 9.17) is 17.0 Å². The lowest BCUT2D eigenvalue weighted by molar-refractivity contribution is -0.115. The Labute approximate surface area is 177 Å². The second-order valence-corrected chi connectivity index (χ2v) is 8.03. The van der Waals surface area contributed by atoms with Crippen molar-refractivity contribution < 1.29 is 14.3 Å². The van der Waals surface area contributed by atoms with Gasteiger partial charge in [-0.1, -0.05) is 12.5 Å². The Morgan fingerprint density at radius 2 is 1.93 bits per heavy atom. The summed E-state index contributed by atoms with van der Waals surface area (Å²) in [6.45, 7) is 4.61. The van der Waals surface area contributed by atoms with Gasteiger partial charge < -0.3 is 10.1 Å². The lowest BCUT2D eigenvalue weighted by Crippen LogP contribution is -2.49. The van der Waals surface area contributed by atoms with Crippen molar-refractivity contribution in [2.75, 3.05) is 25.0 Å². The average molecular weight is 416 g/mol. The number of nitrogens with one attached hydrogen (secondary N) is 2. The summed E-state index contributed by atoms with van der Waals surface area (Å²) in [6.07, 6.45) is 9.12. The molecule has 1 amide bonds. The Hall–Kier alpha value is -2.25. The number of hydrogen-bond acceptors (Lipinski definition) is 5. The molecule has 2 saturated heterocycles. The summed E-state index contributed by atoms with van der Waals surface area (Å²) in [5.74, 6) is -0.148. The normalized spacial score (nSPS) is 22.0. The largest absolute Gasteiger partial charge is 0.462 e. The van der Waals surface area contributed by atoms with Gasteiger partial charge in [-0.2, -0.15) is 0 Å². The molecule has 2 aliphatic heterocycles. The van der Waals surface area contributed by atoms with Crippen molar-refractivity contribution in [3.8, 4) is 0 Å². The van der Waals surface area contributed by atoms with Crippen molar-refractivity contribution in [1.29, 1.82) is 0 Å². The summed E-state index contributed by atoms with van der Waals surface area (Å²) >= 11 is 5.10. The minimum atomic E-state index is -0.298. The number of thiocarbonyl (C=S) groups is 1. The fourth-order valence-electron chi connectivity index (χ4n) is 4.19. The predicted octanol–water partition coefficient (Wildman–Crippen LogP) is 3.50. The van der Waals surface area contributed by atoms with Gasteiger partial charge in [0.05, 0.1) is 12.2 Å². The molecule has 0 unspecified atom stereocenters. The quantitative estimate of drug-likeness (QED) is 0.436. The number of hydrogen-bond donors (Lipinski definition) is 2. The SMILES string of the molecule is C/C=C/C(=O)NC(=S)Nc1ccc(C(=O)OC[C@@H]2CCCN3CCCC[C@H]23)cc1. The maximum atomic E-state index is 12.5. The molecule has 1 aromatic rings. The Balaban J connectivity index is 1.48. The van der Waals surface area contributed by atoms with Gasteiger partial charge in [-0.25, -0.2) is 4.79 Å². The van der Waals surface area contributed by atoms with Crippen LogP contribution < -0.4 is 10.6 Å². The molecule has 156 valence electrons. The maximum Gasteiger partial charge on any atom is 0.338 e. The third-order valence-electron chi connectivity index (χ3n) is 5.59. The third kappa shape index (κ3) is 6.11. The number of amides is 1. The maximum absolute atomic E-state index is 12.5. The van der Waals surface area contributed by atoms with Gasteiger partial charge in [0, 0.05) is 17.6 Å². The molecule has 3 rings (SSSR count). The zero-order valence-corrected chi connectivity index (χ0v) is 17.7. The number of ether oxygens (including phenoxy) is 1. The zero-order chi connectivity index (χ0) is 20.6. The van der Waals surface area contributed by atoms with E-state index in [1.807, 2.05) is 0 Å². The van der Waals surface area contributed by atoms with Crippen LogP contribution in [-0.2, 0) is 9.53 Å². The molecule has 6 nitrogen and oxygen atoms in total. The van der Waals surface area contributed by atoms with Crippen LogP contribution in [0.15, 0.2) is 36.4 Å². The molecule has 0 aliphatic carbocycles. The van der Waals surface area contributed by atoms with Crippen molar-refractivity contribution in [3.05, 3.63) is 42.0 Å². The summed E-state index contributed by atoms with van der Waals surface area (Å²) < 4.78 is 5.64. The minimum absolute atomic E-state index is 0.206. The van der Waals surface area contributed by atoms with Gasteiger partial charge in [0.15, 0.2) is 5.11 Å². The molecule has 1 aromatic carbocycles. The predicted molar refractivity (Wildman–Crippen MR) is 118 cm³/mol. The number of rotatable bonds is 5. The molecule has 0 bridgehead atoms. The smallest absolute Gasteiger partial charge is 0.338 e. The van der Waals surface area contributed by atoms with Gasteiger partial charge in [-0.15, -0.1) is 0 Å². The van der Waals surface area contributed by atoms with E-state index in [0.717, 1.165) is 6.42 Å². The first-order chi connectivity index (χ1) is 14.1. The summed E-state index contributed by atoms with van der Waals surface area (Å²) in [4.78, 5) is 26.5. The van der Waals surface area contributed by atoms with E-state index in [9.17, 15) is 9.59 Å². The molecular weight excluding hydrogens is 386 g/mol. The first kappa shape index (κ1) is 21.5. The Bertz CT molecular complexity index is 761. The molecule has 2 atom stereocenters. The number of carbonyl (C=O) groups is 2. The van der Waals surface area contributed by atoms with Crippen LogP contribution in [0.3, 0.4) is 0 Å². The molecule has 29 heavy (non-hydrogen) atoms. The van der Waals surface area contributed by atoms with E-state index in [1.54, 1.807) is 37.3 Å². The van der Waals surface area contributed by atoms with Crippen LogP contribution in [0.4, 0.5) is 5.69 Å². The van der Waals surface area contributed by atoms with Crippen molar-refractivity contribution in [2.24, 2.45) is 5.92 Å². The molecule has 2 heterocycles. The van der Waals surface area contributed by atoms with E-state index in [2.05, 4.69) is 15.5 Å². The third-order valence-corrected chi connectivity index (χ3v) is 5.79. The fourth-order valence-corrected chi connectivity index (χ4v) is 4.41. The van der Waals surface area contributed by atoms with Crippen LogP contribution >= 0.6 is 12.2 Å². The van der Waals surface area contributed by atoms with Gasteiger partial charge in [-0.3, -0.25) is 15.0 Å². The van der Waals surface area contributed by atoms with Crippen LogP contribution in [0.1, 0.15) is 49.4 Å². The molecule has 2 N–H and O–H groups in total. The van der Waals surface area contributed by atoms with Crippen molar-refractivity contribution in [3.63, 3.8) is 0 Å². The number of fused-ring (bicyclic) bond motifs is 1. The zero-order valence-electron chi connectivity index (χ0n) is 16.9. The first-order valence-electron chi connectivity index (χ1n) is 10.3. The number of carbonyl (C=O) groups excluding carboxylic acids is 2. The van der Waals surface area contributed by atoms with Crippen molar-refractivity contribution in [1.82, 2.24) is 10.2 Å². The number of benzene rings is 1. The fraction of sp³-hybridized carbons (Fsp3) is 0.500.